The lowest BCUT2D eigenvalue weighted by Crippen LogP contribution is -2.47. The van der Waals surface area contributed by atoms with E-state index < -0.39 is 18.1 Å². The van der Waals surface area contributed by atoms with Gasteiger partial charge in [-0.3, -0.25) is 4.79 Å². The van der Waals surface area contributed by atoms with Crippen LogP contribution in [0.2, 0.25) is 0 Å². The van der Waals surface area contributed by atoms with E-state index in [-0.39, 0.29) is 5.92 Å². The van der Waals surface area contributed by atoms with Crippen molar-refractivity contribution in [2.24, 2.45) is 11.7 Å². The Morgan fingerprint density at radius 1 is 1.62 bits per heavy atom. The average Bonchev–Trinajstić information content (AvgIpc) is 2.17. The first-order valence-electron chi connectivity index (χ1n) is 4.37. The highest BCUT2D eigenvalue weighted by Crippen LogP contribution is 2.26. The third-order valence-electron chi connectivity index (χ3n) is 2.33. The molecule has 0 spiro atoms. The smallest absolute Gasteiger partial charge is 0.323 e. The molecule has 13 heavy (non-hydrogen) atoms. The summed E-state index contributed by atoms with van der Waals surface area (Å²) in [6.45, 7) is 0. The largest absolute Gasteiger partial charge is 0.480 e. The molecule has 1 saturated heterocycles. The molecule has 1 heterocycles. The molecule has 0 aromatic rings. The fourth-order valence-electron chi connectivity index (χ4n) is 1.47. The molecule has 1 aliphatic rings. The van der Waals surface area contributed by atoms with Gasteiger partial charge in [0.05, 0.1) is 6.10 Å². The SMILES string of the molecule is NC(C(=O)O)C(O)C1CCCSC1. The van der Waals surface area contributed by atoms with Gasteiger partial charge in [0.2, 0.25) is 0 Å². The Kier molecular flexibility index (Phi) is 4.02. The van der Waals surface area contributed by atoms with Gasteiger partial charge in [0, 0.05) is 0 Å². The van der Waals surface area contributed by atoms with E-state index in [1.807, 2.05) is 0 Å². The number of aliphatic hydroxyl groups is 1. The molecule has 76 valence electrons. The van der Waals surface area contributed by atoms with E-state index in [2.05, 4.69) is 0 Å². The molecule has 1 aliphatic heterocycles. The predicted molar refractivity (Wildman–Crippen MR) is 51.7 cm³/mol. The molecule has 4 nitrogen and oxygen atoms in total. The van der Waals surface area contributed by atoms with Crippen LogP contribution in [0, 0.1) is 5.92 Å². The van der Waals surface area contributed by atoms with Crippen molar-refractivity contribution in [1.82, 2.24) is 0 Å². The summed E-state index contributed by atoms with van der Waals surface area (Å²) in [6.07, 6.45) is 1.03. The maximum atomic E-state index is 10.5. The quantitative estimate of drug-likeness (QED) is 0.599. The van der Waals surface area contributed by atoms with Gasteiger partial charge in [-0.15, -0.1) is 0 Å². The van der Waals surface area contributed by atoms with Gasteiger partial charge in [-0.25, -0.2) is 0 Å². The minimum Gasteiger partial charge on any atom is -0.480 e. The van der Waals surface area contributed by atoms with Crippen molar-refractivity contribution in [2.75, 3.05) is 11.5 Å². The van der Waals surface area contributed by atoms with Crippen LogP contribution in [-0.2, 0) is 4.79 Å². The minimum atomic E-state index is -1.14. The zero-order valence-electron chi connectivity index (χ0n) is 7.35. The zero-order valence-corrected chi connectivity index (χ0v) is 8.17. The monoisotopic (exact) mass is 205 g/mol. The van der Waals surface area contributed by atoms with Gasteiger partial charge in [-0.05, 0) is 30.3 Å². The molecular weight excluding hydrogens is 190 g/mol. The molecule has 3 atom stereocenters. The fourth-order valence-corrected chi connectivity index (χ4v) is 2.68. The van der Waals surface area contributed by atoms with E-state index in [1.165, 1.54) is 0 Å². The zero-order chi connectivity index (χ0) is 9.84. The van der Waals surface area contributed by atoms with E-state index in [0.717, 1.165) is 24.3 Å². The Morgan fingerprint density at radius 3 is 2.77 bits per heavy atom. The molecule has 1 fully saturated rings. The van der Waals surface area contributed by atoms with Crippen molar-refractivity contribution in [2.45, 2.75) is 25.0 Å². The number of hydrogen-bond acceptors (Lipinski definition) is 4. The van der Waals surface area contributed by atoms with Gasteiger partial charge >= 0.3 is 5.97 Å². The molecule has 0 radical (unpaired) electrons. The lowest BCUT2D eigenvalue weighted by molar-refractivity contribution is -0.142. The topological polar surface area (TPSA) is 83.6 Å². The highest BCUT2D eigenvalue weighted by atomic mass is 32.2. The maximum Gasteiger partial charge on any atom is 0.323 e. The van der Waals surface area contributed by atoms with Crippen molar-refractivity contribution in [3.05, 3.63) is 0 Å². The summed E-state index contributed by atoms with van der Waals surface area (Å²) in [5.74, 6) is 0.848. The van der Waals surface area contributed by atoms with Crippen molar-refractivity contribution in [3.8, 4) is 0 Å². The van der Waals surface area contributed by atoms with Crippen LogP contribution in [0.4, 0.5) is 0 Å². The van der Waals surface area contributed by atoms with Crippen LogP contribution in [0.25, 0.3) is 0 Å². The highest BCUT2D eigenvalue weighted by Gasteiger charge is 2.30. The number of rotatable bonds is 3. The van der Waals surface area contributed by atoms with Crippen LogP contribution in [0.3, 0.4) is 0 Å². The fraction of sp³-hybridized carbons (Fsp3) is 0.875. The summed E-state index contributed by atoms with van der Waals surface area (Å²) in [6, 6.07) is -1.14. The highest BCUT2D eigenvalue weighted by molar-refractivity contribution is 7.99. The molecule has 0 aromatic heterocycles. The van der Waals surface area contributed by atoms with Gasteiger partial charge < -0.3 is 15.9 Å². The van der Waals surface area contributed by atoms with Crippen LogP contribution in [0.15, 0.2) is 0 Å². The number of aliphatic carboxylic acids is 1. The van der Waals surface area contributed by atoms with Gasteiger partial charge in [-0.1, -0.05) is 0 Å². The second kappa shape index (κ2) is 4.83. The summed E-state index contributed by atoms with van der Waals surface area (Å²) in [5, 5.41) is 18.2. The summed E-state index contributed by atoms with van der Waals surface area (Å²) >= 11 is 1.75. The molecule has 0 aliphatic carbocycles. The standard InChI is InChI=1S/C8H15NO3S/c9-6(8(11)12)7(10)5-2-1-3-13-4-5/h5-7,10H,1-4,9H2,(H,11,12). The van der Waals surface area contributed by atoms with Crippen LogP contribution < -0.4 is 5.73 Å². The van der Waals surface area contributed by atoms with E-state index in [0.29, 0.717) is 0 Å². The minimum absolute atomic E-state index is 0.0462. The van der Waals surface area contributed by atoms with Crippen LogP contribution in [0.5, 0.6) is 0 Å². The van der Waals surface area contributed by atoms with Crippen molar-refractivity contribution < 1.29 is 15.0 Å². The molecule has 1 rings (SSSR count). The molecule has 5 heteroatoms. The first-order chi connectivity index (χ1) is 6.13. The summed E-state index contributed by atoms with van der Waals surface area (Å²) in [5.41, 5.74) is 5.33. The number of thioether (sulfide) groups is 1. The number of carbonyl (C=O) groups is 1. The molecular formula is C8H15NO3S. The second-order valence-corrected chi connectivity index (χ2v) is 4.48. The third-order valence-corrected chi connectivity index (χ3v) is 3.57. The molecule has 3 unspecified atom stereocenters. The van der Waals surface area contributed by atoms with Gasteiger partial charge in [0.25, 0.3) is 0 Å². The number of nitrogens with two attached hydrogens (primary N) is 1. The Balaban J connectivity index is 2.44. The molecule has 0 bridgehead atoms. The number of carboxylic acid groups (broad SMARTS) is 1. The Morgan fingerprint density at radius 2 is 2.31 bits per heavy atom. The first kappa shape index (κ1) is 10.8. The number of aliphatic hydroxyl groups excluding tert-OH is 1. The number of carboxylic acids is 1. The van der Waals surface area contributed by atoms with Gasteiger partial charge in [0.15, 0.2) is 0 Å². The second-order valence-electron chi connectivity index (χ2n) is 3.33. The maximum absolute atomic E-state index is 10.5. The average molecular weight is 205 g/mol. The predicted octanol–water partition coefficient (Wildman–Crippen LogP) is -0.0976. The molecule has 0 amide bonds. The third kappa shape index (κ3) is 2.86. The van der Waals surface area contributed by atoms with Crippen LogP contribution >= 0.6 is 11.8 Å². The van der Waals surface area contributed by atoms with E-state index in [4.69, 9.17) is 10.8 Å². The van der Waals surface area contributed by atoms with Crippen LogP contribution in [0.1, 0.15) is 12.8 Å². The molecule has 0 saturated carbocycles. The Bertz CT molecular complexity index is 182. The summed E-state index contributed by atoms with van der Waals surface area (Å²) in [7, 11) is 0. The lowest BCUT2D eigenvalue weighted by Gasteiger charge is -2.28. The Hall–Kier alpha value is -0.260. The lowest BCUT2D eigenvalue weighted by atomic mass is 9.94. The van der Waals surface area contributed by atoms with E-state index in [1.54, 1.807) is 11.8 Å². The summed E-state index contributed by atoms with van der Waals surface area (Å²) in [4.78, 5) is 10.5. The van der Waals surface area contributed by atoms with Gasteiger partial charge in [0.1, 0.15) is 6.04 Å². The van der Waals surface area contributed by atoms with E-state index in [9.17, 15) is 9.90 Å². The van der Waals surface area contributed by atoms with Crippen molar-refractivity contribution in [1.29, 1.82) is 0 Å². The van der Waals surface area contributed by atoms with Crippen molar-refractivity contribution >= 4 is 17.7 Å². The number of hydrogen-bond donors (Lipinski definition) is 3. The Labute approximate surface area is 81.5 Å². The van der Waals surface area contributed by atoms with E-state index >= 15 is 0 Å². The van der Waals surface area contributed by atoms with Crippen LogP contribution in [-0.4, -0.2) is 39.8 Å². The van der Waals surface area contributed by atoms with Gasteiger partial charge in [-0.2, -0.15) is 11.8 Å². The van der Waals surface area contributed by atoms with Crippen molar-refractivity contribution in [3.63, 3.8) is 0 Å². The normalized spacial score (nSPS) is 28.0. The molecule has 0 aromatic carbocycles. The first-order valence-corrected chi connectivity index (χ1v) is 5.52. The molecule has 4 N–H and O–H groups in total. The summed E-state index contributed by atoms with van der Waals surface area (Å²) < 4.78 is 0.